The van der Waals surface area contributed by atoms with Gasteiger partial charge in [0.25, 0.3) is 19.4 Å². The van der Waals surface area contributed by atoms with E-state index in [0.717, 1.165) is 0 Å². The van der Waals surface area contributed by atoms with Crippen LogP contribution < -0.4 is 0 Å². The van der Waals surface area contributed by atoms with Crippen LogP contribution in [0.15, 0.2) is 0 Å². The molecule has 0 aromatic carbocycles. The van der Waals surface area contributed by atoms with Crippen molar-refractivity contribution < 1.29 is 12.5 Å². The summed E-state index contributed by atoms with van der Waals surface area (Å²) in [5.41, 5.74) is 0. The van der Waals surface area contributed by atoms with Gasteiger partial charge in [-0.05, 0) is 0 Å². The lowest BCUT2D eigenvalue weighted by molar-refractivity contribution is 0.393. The molecule has 0 bridgehead atoms. The second-order valence-electron chi connectivity index (χ2n) is 0.537. The molecule has 0 heterocycles. The minimum absolute atomic E-state index is 1.31. The van der Waals surface area contributed by atoms with Crippen LogP contribution in [-0.2, 0) is 19.6 Å². The molecular weight excluding hydrogens is 103 g/mol. The Balaban J connectivity index is 2.99. The summed E-state index contributed by atoms with van der Waals surface area (Å²) in [6.07, 6.45) is 0. The first-order chi connectivity index (χ1) is 2.81. The molecule has 0 saturated carbocycles. The Hall–Kier alpha value is 0.135. The third kappa shape index (κ3) is 2.38. The van der Waals surface area contributed by atoms with Crippen molar-refractivity contribution in [2.45, 2.75) is 0 Å². The molecule has 0 N–H and O–H groups in total. The third-order valence-electron chi connectivity index (χ3n) is 0.272. The summed E-state index contributed by atoms with van der Waals surface area (Å²) in [5, 5.41) is 0. The Morgan fingerprint density at radius 1 is 1.83 bits per heavy atom. The average Bonchev–Trinajstić information content (AvgIpc) is 1.65. The van der Waals surface area contributed by atoms with E-state index in [4.69, 9.17) is 0 Å². The van der Waals surface area contributed by atoms with E-state index in [0.29, 0.717) is 0 Å². The lowest BCUT2D eigenvalue weighted by Crippen LogP contribution is -1.92. The highest BCUT2D eigenvalue weighted by molar-refractivity contribution is 7.75. The Kier molecular flexibility index (Phi) is 3.40. The molecular formula is CH5BO3S. The molecule has 0 aromatic heterocycles. The molecule has 5 heteroatoms. The van der Waals surface area contributed by atoms with Crippen LogP contribution >= 0.6 is 0 Å². The molecule has 6 heavy (non-hydrogen) atoms. The molecule has 36 valence electrons. The van der Waals surface area contributed by atoms with Gasteiger partial charge in [0, 0.05) is 0 Å². The van der Waals surface area contributed by atoms with Gasteiger partial charge in [0.05, 0.1) is 7.11 Å². The van der Waals surface area contributed by atoms with Crippen LogP contribution in [0.5, 0.6) is 0 Å². The smallest absolute Gasteiger partial charge is 0.288 e. The van der Waals surface area contributed by atoms with Crippen LogP contribution in [0, 0.1) is 0 Å². The molecule has 0 amide bonds. The minimum Gasteiger partial charge on any atom is -0.342 e. The van der Waals surface area contributed by atoms with Crippen molar-refractivity contribution in [3.05, 3.63) is 0 Å². The van der Waals surface area contributed by atoms with Crippen molar-refractivity contribution in [2.75, 3.05) is 7.11 Å². The molecule has 0 rings (SSSR count). The van der Waals surface area contributed by atoms with Crippen LogP contribution in [0.25, 0.3) is 0 Å². The summed E-state index contributed by atoms with van der Waals surface area (Å²) in [4.78, 5) is 0. The zero-order valence-electron chi connectivity index (χ0n) is 3.63. The van der Waals surface area contributed by atoms with E-state index < -0.39 is 11.4 Å². The van der Waals surface area contributed by atoms with E-state index in [2.05, 4.69) is 8.28 Å². The second kappa shape index (κ2) is 3.33. The molecule has 0 aliphatic heterocycles. The largest absolute Gasteiger partial charge is 0.342 e. The summed E-state index contributed by atoms with van der Waals surface area (Å²) >= 11 is -1.53. The van der Waals surface area contributed by atoms with Crippen molar-refractivity contribution >= 4 is 19.4 Å². The molecule has 0 saturated heterocycles. The van der Waals surface area contributed by atoms with Crippen LogP contribution in [-0.4, -0.2) is 19.4 Å². The number of rotatable bonds is 2. The maximum absolute atomic E-state index is 9.85. The molecule has 0 aromatic rings. The molecule has 0 spiro atoms. The first-order valence-electron chi connectivity index (χ1n) is 1.32. The fraction of sp³-hybridized carbons (Fsp3) is 1.00. The van der Waals surface area contributed by atoms with Gasteiger partial charge in [0.2, 0.25) is 0 Å². The Labute approximate surface area is 39.9 Å². The summed E-state index contributed by atoms with van der Waals surface area (Å²) in [5.74, 6) is 0. The fourth-order valence-electron chi connectivity index (χ4n) is 0.0680. The van der Waals surface area contributed by atoms with Gasteiger partial charge in [-0.3, -0.25) is 4.18 Å². The fourth-order valence-corrected chi connectivity index (χ4v) is 0.204. The van der Waals surface area contributed by atoms with E-state index in [-0.39, 0.29) is 0 Å². The maximum Gasteiger partial charge on any atom is 0.288 e. The van der Waals surface area contributed by atoms with Gasteiger partial charge in [-0.2, -0.15) is 4.21 Å². The average molecular weight is 108 g/mol. The van der Waals surface area contributed by atoms with E-state index in [1.54, 1.807) is 0 Å². The van der Waals surface area contributed by atoms with Crippen molar-refractivity contribution in [1.29, 1.82) is 0 Å². The first-order valence-corrected chi connectivity index (χ1v) is 2.32. The predicted molar refractivity (Wildman–Crippen MR) is 24.8 cm³/mol. The highest BCUT2D eigenvalue weighted by Gasteiger charge is 1.84. The van der Waals surface area contributed by atoms with E-state index in [1.165, 1.54) is 15.2 Å². The van der Waals surface area contributed by atoms with Crippen LogP contribution in [0.4, 0.5) is 0 Å². The monoisotopic (exact) mass is 108 g/mol. The number of hydrogen-bond donors (Lipinski definition) is 0. The van der Waals surface area contributed by atoms with Gasteiger partial charge in [0.1, 0.15) is 0 Å². The molecule has 0 aliphatic carbocycles. The van der Waals surface area contributed by atoms with Gasteiger partial charge in [-0.25, -0.2) is 0 Å². The Morgan fingerprint density at radius 3 is 2.33 bits per heavy atom. The van der Waals surface area contributed by atoms with E-state index in [9.17, 15) is 4.21 Å². The molecule has 0 radical (unpaired) electrons. The van der Waals surface area contributed by atoms with Crippen molar-refractivity contribution in [2.24, 2.45) is 0 Å². The Bertz CT molecular complexity index is 48.8. The number of hydrogen-bond acceptors (Lipinski definition) is 3. The molecule has 3 nitrogen and oxygen atoms in total. The normalized spacial score (nSPS) is 14.2. The van der Waals surface area contributed by atoms with Gasteiger partial charge >= 0.3 is 0 Å². The topological polar surface area (TPSA) is 35.5 Å². The lowest BCUT2D eigenvalue weighted by Gasteiger charge is -1.87. The molecule has 1 unspecified atom stereocenters. The molecule has 0 aliphatic rings. The van der Waals surface area contributed by atoms with E-state index >= 15 is 0 Å². The highest BCUT2D eigenvalue weighted by Crippen LogP contribution is 1.75. The minimum atomic E-state index is -1.53. The van der Waals surface area contributed by atoms with Gasteiger partial charge in [0.15, 0.2) is 0 Å². The first kappa shape index (κ1) is 6.13. The van der Waals surface area contributed by atoms with Crippen LogP contribution in [0.2, 0.25) is 0 Å². The SMILES string of the molecule is BOS(=O)OC. The van der Waals surface area contributed by atoms with Gasteiger partial charge in [-0.15, -0.1) is 0 Å². The predicted octanol–water partition coefficient (Wildman–Crippen LogP) is -1.22. The standard InChI is InChI=1S/CH5BO3S/c1-4-6(3)5-2/h2H2,1H3. The summed E-state index contributed by atoms with van der Waals surface area (Å²) in [6.45, 7) is 0. The summed E-state index contributed by atoms with van der Waals surface area (Å²) in [7, 11) is 2.61. The van der Waals surface area contributed by atoms with E-state index in [1.807, 2.05) is 0 Å². The van der Waals surface area contributed by atoms with Crippen LogP contribution in [0.3, 0.4) is 0 Å². The maximum atomic E-state index is 9.85. The molecule has 0 fully saturated rings. The van der Waals surface area contributed by atoms with Crippen molar-refractivity contribution in [1.82, 2.24) is 0 Å². The van der Waals surface area contributed by atoms with Gasteiger partial charge < -0.3 is 4.10 Å². The summed E-state index contributed by atoms with van der Waals surface area (Å²) < 4.78 is 18.1. The quantitative estimate of drug-likeness (QED) is 0.415. The Morgan fingerprint density at radius 2 is 2.33 bits per heavy atom. The second-order valence-corrected chi connectivity index (χ2v) is 1.61. The molecule has 1 atom stereocenters. The van der Waals surface area contributed by atoms with Gasteiger partial charge in [-0.1, -0.05) is 0 Å². The van der Waals surface area contributed by atoms with Crippen molar-refractivity contribution in [3.63, 3.8) is 0 Å². The highest BCUT2D eigenvalue weighted by atomic mass is 32.2. The summed E-state index contributed by atoms with van der Waals surface area (Å²) in [6, 6.07) is 0. The zero-order chi connectivity index (χ0) is 4.99. The lowest BCUT2D eigenvalue weighted by atomic mass is 10.6. The zero-order valence-corrected chi connectivity index (χ0v) is 4.45. The third-order valence-corrected chi connectivity index (χ3v) is 0.816. The van der Waals surface area contributed by atoms with Crippen molar-refractivity contribution in [3.8, 4) is 0 Å². The van der Waals surface area contributed by atoms with Crippen LogP contribution in [0.1, 0.15) is 0 Å².